The van der Waals surface area contributed by atoms with Crippen molar-refractivity contribution in [3.05, 3.63) is 23.8 Å². The van der Waals surface area contributed by atoms with Gasteiger partial charge < -0.3 is 14.6 Å². The van der Waals surface area contributed by atoms with E-state index in [9.17, 15) is 9.90 Å². The number of hydrogen-bond acceptors (Lipinski definition) is 4. The zero-order valence-electron chi connectivity index (χ0n) is 12.4. The van der Waals surface area contributed by atoms with E-state index in [1.54, 1.807) is 13.2 Å². The quantitative estimate of drug-likeness (QED) is 0.591. The van der Waals surface area contributed by atoms with Crippen LogP contribution in [0.1, 0.15) is 39.5 Å². The van der Waals surface area contributed by atoms with Crippen molar-refractivity contribution in [1.29, 1.82) is 0 Å². The van der Waals surface area contributed by atoms with Crippen molar-refractivity contribution in [2.45, 2.75) is 50.9 Å². The number of carbonyl (C=O) groups is 1. The number of fused-ring (bicyclic) bond motifs is 4. The molecule has 0 spiro atoms. The molecule has 110 valence electrons. The van der Waals surface area contributed by atoms with Crippen LogP contribution < -0.4 is 0 Å². The third-order valence-corrected chi connectivity index (χ3v) is 5.83. The van der Waals surface area contributed by atoms with E-state index in [1.165, 1.54) is 0 Å². The van der Waals surface area contributed by atoms with Gasteiger partial charge in [0, 0.05) is 30.1 Å². The van der Waals surface area contributed by atoms with Crippen molar-refractivity contribution in [3.63, 3.8) is 0 Å². The van der Waals surface area contributed by atoms with Crippen molar-refractivity contribution in [1.82, 2.24) is 0 Å². The van der Waals surface area contributed by atoms with Crippen LogP contribution in [0.3, 0.4) is 0 Å². The second-order valence-electron chi connectivity index (χ2n) is 6.80. The molecule has 4 atom stereocenters. The number of ether oxygens (including phenoxy) is 2. The van der Waals surface area contributed by atoms with Crippen molar-refractivity contribution in [2.75, 3.05) is 7.11 Å². The summed E-state index contributed by atoms with van der Waals surface area (Å²) in [5.74, 6) is -1.26. The van der Waals surface area contributed by atoms with Gasteiger partial charge in [-0.1, -0.05) is 13.5 Å². The smallest absolute Gasteiger partial charge is 0.333 e. The number of hydrogen-bond donors (Lipinski definition) is 1. The minimum atomic E-state index is -0.950. The van der Waals surface area contributed by atoms with Gasteiger partial charge in [-0.3, -0.25) is 0 Å². The highest BCUT2D eigenvalue weighted by Gasteiger charge is 2.61. The third kappa shape index (κ3) is 1.52. The molecule has 0 saturated heterocycles. The van der Waals surface area contributed by atoms with Gasteiger partial charge in [0.1, 0.15) is 0 Å². The second-order valence-corrected chi connectivity index (χ2v) is 6.80. The van der Waals surface area contributed by atoms with Gasteiger partial charge in [0.25, 0.3) is 0 Å². The van der Waals surface area contributed by atoms with Crippen molar-refractivity contribution in [2.24, 2.45) is 11.3 Å². The predicted octanol–water partition coefficient (Wildman–Crippen LogP) is 2.33. The lowest BCUT2D eigenvalue weighted by Crippen LogP contribution is -2.53. The lowest BCUT2D eigenvalue weighted by molar-refractivity contribution is -0.222. The zero-order valence-corrected chi connectivity index (χ0v) is 12.4. The molecule has 3 aliphatic rings. The average Bonchev–Trinajstić information content (AvgIpc) is 2.66. The highest BCUT2D eigenvalue weighted by Crippen LogP contribution is 2.59. The highest BCUT2D eigenvalue weighted by molar-refractivity contribution is 5.86. The Morgan fingerprint density at radius 3 is 2.85 bits per heavy atom. The Labute approximate surface area is 119 Å². The van der Waals surface area contributed by atoms with E-state index in [4.69, 9.17) is 9.47 Å². The summed E-state index contributed by atoms with van der Waals surface area (Å²) >= 11 is 0. The number of aliphatic hydroxyl groups is 1. The molecule has 2 aliphatic carbocycles. The molecule has 2 fully saturated rings. The van der Waals surface area contributed by atoms with Crippen LogP contribution in [0.25, 0.3) is 0 Å². The minimum absolute atomic E-state index is 0.0189. The van der Waals surface area contributed by atoms with E-state index < -0.39 is 11.4 Å². The summed E-state index contributed by atoms with van der Waals surface area (Å²) in [5, 5.41) is 10.8. The van der Waals surface area contributed by atoms with E-state index in [2.05, 4.69) is 13.5 Å². The van der Waals surface area contributed by atoms with Gasteiger partial charge in [-0.25, -0.2) is 4.79 Å². The van der Waals surface area contributed by atoms with Crippen LogP contribution >= 0.6 is 0 Å². The SMILES string of the molecule is C=C1C[C@H]2CC(C)(CCC3=CC(=O)O[C@@]32OC)[C@]1(C)O. The van der Waals surface area contributed by atoms with Gasteiger partial charge in [0.2, 0.25) is 5.79 Å². The molecule has 1 aliphatic heterocycles. The minimum Gasteiger partial charge on any atom is -0.425 e. The maximum atomic E-state index is 11.7. The Kier molecular flexibility index (Phi) is 2.73. The molecule has 1 unspecified atom stereocenters. The molecule has 2 saturated carbocycles. The molecule has 0 aromatic rings. The summed E-state index contributed by atoms with van der Waals surface area (Å²) in [7, 11) is 1.59. The molecular formula is C16H22O4. The lowest BCUT2D eigenvalue weighted by Gasteiger charge is -2.51. The molecule has 3 rings (SSSR count). The van der Waals surface area contributed by atoms with Gasteiger partial charge >= 0.3 is 5.97 Å². The maximum absolute atomic E-state index is 11.7. The second kappa shape index (κ2) is 3.95. The maximum Gasteiger partial charge on any atom is 0.333 e. The Morgan fingerprint density at radius 2 is 2.20 bits per heavy atom. The fourth-order valence-corrected chi connectivity index (χ4v) is 4.18. The monoisotopic (exact) mass is 278 g/mol. The van der Waals surface area contributed by atoms with Crippen LogP contribution in [0, 0.1) is 11.3 Å². The standard InChI is InChI=1S/C16H22O4/c1-10-7-12-9-14(2,15(10,3)18)6-5-11-8-13(17)20-16(11,12)19-4/h8,12,18H,1,5-7,9H2,2-4H3/t12-,14?,15+,16-/m0/s1. The molecule has 4 heteroatoms. The number of methoxy groups -OCH3 is 1. The van der Waals surface area contributed by atoms with E-state index in [0.29, 0.717) is 12.8 Å². The first kappa shape index (κ1) is 13.8. The zero-order chi connectivity index (χ0) is 14.8. The highest BCUT2D eigenvalue weighted by atomic mass is 16.7. The summed E-state index contributed by atoms with van der Waals surface area (Å²) < 4.78 is 11.2. The third-order valence-electron chi connectivity index (χ3n) is 5.83. The van der Waals surface area contributed by atoms with Crippen LogP contribution in [-0.4, -0.2) is 29.6 Å². The summed E-state index contributed by atoms with van der Waals surface area (Å²) in [6, 6.07) is 0. The fraction of sp³-hybridized carbons (Fsp3) is 0.688. The van der Waals surface area contributed by atoms with Crippen LogP contribution in [0.4, 0.5) is 0 Å². The van der Waals surface area contributed by atoms with Crippen molar-refractivity contribution < 1.29 is 19.4 Å². The van der Waals surface area contributed by atoms with Crippen LogP contribution in [0.15, 0.2) is 23.8 Å². The summed E-state index contributed by atoms with van der Waals surface area (Å²) in [6.45, 7) is 8.02. The predicted molar refractivity (Wildman–Crippen MR) is 73.7 cm³/mol. The normalized spacial score (nSPS) is 47.4. The molecular weight excluding hydrogens is 256 g/mol. The lowest BCUT2D eigenvalue weighted by atomic mass is 9.58. The van der Waals surface area contributed by atoms with Crippen LogP contribution in [0.5, 0.6) is 0 Å². The van der Waals surface area contributed by atoms with Crippen LogP contribution in [0.2, 0.25) is 0 Å². The molecule has 1 heterocycles. The van der Waals surface area contributed by atoms with Gasteiger partial charge in [0.05, 0.1) is 5.60 Å². The first-order chi connectivity index (χ1) is 9.25. The summed E-state index contributed by atoms with van der Waals surface area (Å²) in [6.07, 6.45) is 4.43. The van der Waals surface area contributed by atoms with E-state index in [1.807, 2.05) is 6.92 Å². The van der Waals surface area contributed by atoms with Gasteiger partial charge in [0.15, 0.2) is 0 Å². The molecule has 2 bridgehead atoms. The Morgan fingerprint density at radius 1 is 1.50 bits per heavy atom. The van der Waals surface area contributed by atoms with Gasteiger partial charge in [-0.15, -0.1) is 0 Å². The molecule has 0 aromatic heterocycles. The number of carbonyl (C=O) groups excluding carboxylic acids is 1. The van der Waals surface area contributed by atoms with Crippen molar-refractivity contribution in [3.8, 4) is 0 Å². The Balaban J connectivity index is 2.10. The topological polar surface area (TPSA) is 55.8 Å². The summed E-state index contributed by atoms with van der Waals surface area (Å²) in [4.78, 5) is 11.7. The Bertz CT molecular complexity index is 519. The molecule has 0 amide bonds. The van der Waals surface area contributed by atoms with E-state index in [-0.39, 0.29) is 17.3 Å². The molecule has 0 aromatic carbocycles. The van der Waals surface area contributed by atoms with E-state index in [0.717, 1.165) is 24.0 Å². The largest absolute Gasteiger partial charge is 0.425 e. The van der Waals surface area contributed by atoms with Gasteiger partial charge in [-0.2, -0.15) is 0 Å². The number of rotatable bonds is 1. The molecule has 0 radical (unpaired) electrons. The van der Waals surface area contributed by atoms with Crippen molar-refractivity contribution >= 4 is 5.97 Å². The van der Waals surface area contributed by atoms with Gasteiger partial charge in [-0.05, 0) is 38.2 Å². The molecule has 1 N–H and O–H groups in total. The van der Waals surface area contributed by atoms with Crippen LogP contribution in [-0.2, 0) is 14.3 Å². The first-order valence-corrected chi connectivity index (χ1v) is 7.15. The molecule has 20 heavy (non-hydrogen) atoms. The first-order valence-electron chi connectivity index (χ1n) is 7.15. The Hall–Kier alpha value is -1.13. The van der Waals surface area contributed by atoms with E-state index >= 15 is 0 Å². The summed E-state index contributed by atoms with van der Waals surface area (Å²) in [5.41, 5.74) is 0.554. The number of esters is 1. The average molecular weight is 278 g/mol. The molecule has 4 nitrogen and oxygen atoms in total. The fourth-order valence-electron chi connectivity index (χ4n) is 4.18.